The summed E-state index contributed by atoms with van der Waals surface area (Å²) in [6, 6.07) is 5.22. The van der Waals surface area contributed by atoms with Crippen LogP contribution in [0.25, 0.3) is 0 Å². The molecule has 1 aromatic carbocycles. The Kier molecular flexibility index (Phi) is 10.8. The quantitative estimate of drug-likeness (QED) is 0.821. The second kappa shape index (κ2) is 11.1. The molecule has 1 heterocycles. The van der Waals surface area contributed by atoms with Gasteiger partial charge in [-0.25, -0.2) is 4.39 Å². The van der Waals surface area contributed by atoms with Crippen molar-refractivity contribution in [1.29, 1.82) is 0 Å². The molecule has 0 unspecified atom stereocenters. The van der Waals surface area contributed by atoms with Crippen molar-refractivity contribution in [3.63, 3.8) is 0 Å². The van der Waals surface area contributed by atoms with Gasteiger partial charge in [0.2, 0.25) is 0 Å². The minimum Gasteiger partial charge on any atom is -0.497 e. The summed E-state index contributed by atoms with van der Waals surface area (Å²) >= 11 is 0. The maximum Gasteiger partial charge on any atom is 0.128 e. The fraction of sp³-hybridized carbons (Fsp3) is 0.647. The molecule has 1 aliphatic rings. The van der Waals surface area contributed by atoms with Gasteiger partial charge in [0.15, 0.2) is 0 Å². The Morgan fingerprint density at radius 3 is 2.39 bits per heavy atom. The van der Waals surface area contributed by atoms with Crippen molar-refractivity contribution >= 4 is 24.8 Å². The van der Waals surface area contributed by atoms with Gasteiger partial charge in [-0.05, 0) is 37.0 Å². The fourth-order valence-electron chi connectivity index (χ4n) is 2.92. The van der Waals surface area contributed by atoms with E-state index in [1.165, 1.54) is 6.07 Å². The predicted octanol–water partition coefficient (Wildman–Crippen LogP) is 4.06. The largest absolute Gasteiger partial charge is 0.497 e. The van der Waals surface area contributed by atoms with E-state index in [-0.39, 0.29) is 36.7 Å². The van der Waals surface area contributed by atoms with Crippen LogP contribution in [0.4, 0.5) is 4.39 Å². The van der Waals surface area contributed by atoms with Crippen molar-refractivity contribution in [3.05, 3.63) is 29.6 Å². The molecule has 1 saturated heterocycles. The number of hydrogen-bond acceptors (Lipinski definition) is 3. The van der Waals surface area contributed by atoms with Crippen LogP contribution < -0.4 is 10.1 Å². The van der Waals surface area contributed by atoms with Crippen molar-refractivity contribution in [1.82, 2.24) is 10.2 Å². The highest BCUT2D eigenvalue weighted by molar-refractivity contribution is 5.85. The van der Waals surface area contributed by atoms with E-state index in [2.05, 4.69) is 24.1 Å². The lowest BCUT2D eigenvalue weighted by molar-refractivity contribution is 0.156. The third-order valence-electron chi connectivity index (χ3n) is 4.17. The van der Waals surface area contributed by atoms with Gasteiger partial charge in [-0.15, -0.1) is 24.8 Å². The third kappa shape index (κ3) is 6.46. The molecule has 3 nitrogen and oxygen atoms in total. The minimum atomic E-state index is -0.122. The Bertz CT molecular complexity index is 454. The zero-order chi connectivity index (χ0) is 15.2. The summed E-state index contributed by atoms with van der Waals surface area (Å²) in [6.45, 7) is 8.33. The summed E-state index contributed by atoms with van der Waals surface area (Å²) in [5.41, 5.74) is 0.775. The van der Waals surface area contributed by atoms with Gasteiger partial charge in [0.05, 0.1) is 7.11 Å². The van der Waals surface area contributed by atoms with E-state index < -0.39 is 0 Å². The second-order valence-electron chi connectivity index (χ2n) is 6.16. The molecule has 0 bridgehead atoms. The van der Waals surface area contributed by atoms with Crippen LogP contribution in [0.5, 0.6) is 5.75 Å². The number of nitrogens with one attached hydrogen (secondary N) is 1. The molecule has 0 saturated carbocycles. The first-order chi connectivity index (χ1) is 10.1. The van der Waals surface area contributed by atoms with Gasteiger partial charge < -0.3 is 10.1 Å². The van der Waals surface area contributed by atoms with Gasteiger partial charge >= 0.3 is 0 Å². The van der Waals surface area contributed by atoms with Crippen LogP contribution in [0, 0.1) is 11.7 Å². The molecule has 0 spiro atoms. The third-order valence-corrected chi connectivity index (χ3v) is 4.17. The predicted molar refractivity (Wildman–Crippen MR) is 98.7 cm³/mol. The molecule has 1 fully saturated rings. The molecule has 2 rings (SSSR count). The number of halogens is 3. The molecule has 0 aromatic heterocycles. The summed E-state index contributed by atoms with van der Waals surface area (Å²) in [5.74, 6) is 1.24. The fourth-order valence-corrected chi connectivity index (χ4v) is 2.92. The molecule has 23 heavy (non-hydrogen) atoms. The SMILES string of the molecule is COc1ccc(F)c([C@@H](CCC(C)C)N2CCNCC2)c1.Cl.Cl. The first kappa shape index (κ1) is 22.4. The lowest BCUT2D eigenvalue weighted by atomic mass is 9.95. The first-order valence-electron chi connectivity index (χ1n) is 7.90. The van der Waals surface area contributed by atoms with Crippen LogP contribution >= 0.6 is 24.8 Å². The van der Waals surface area contributed by atoms with Crippen LogP contribution in [-0.2, 0) is 0 Å². The smallest absolute Gasteiger partial charge is 0.128 e. The topological polar surface area (TPSA) is 24.5 Å². The molecule has 6 heteroatoms. The summed E-state index contributed by atoms with van der Waals surface area (Å²) in [6.07, 6.45) is 2.09. The highest BCUT2D eigenvalue weighted by Crippen LogP contribution is 2.31. The Hall–Kier alpha value is -0.550. The molecular formula is C17H29Cl2FN2O. The van der Waals surface area contributed by atoms with E-state index in [0.717, 1.165) is 50.3 Å². The number of nitrogens with zero attached hydrogens (tertiary/aromatic N) is 1. The zero-order valence-electron chi connectivity index (χ0n) is 14.2. The van der Waals surface area contributed by atoms with Gasteiger partial charge in [0, 0.05) is 37.8 Å². The minimum absolute atomic E-state index is 0. The molecule has 0 radical (unpaired) electrons. The van der Waals surface area contributed by atoms with Crippen LogP contribution in [0.3, 0.4) is 0 Å². The average molecular weight is 367 g/mol. The van der Waals surface area contributed by atoms with E-state index in [4.69, 9.17) is 4.74 Å². The summed E-state index contributed by atoms with van der Waals surface area (Å²) in [5, 5.41) is 3.36. The highest BCUT2D eigenvalue weighted by Gasteiger charge is 2.25. The van der Waals surface area contributed by atoms with Gasteiger partial charge in [-0.2, -0.15) is 0 Å². The van der Waals surface area contributed by atoms with E-state index in [0.29, 0.717) is 5.92 Å². The second-order valence-corrected chi connectivity index (χ2v) is 6.16. The number of benzene rings is 1. The van der Waals surface area contributed by atoms with Crippen LogP contribution in [0.1, 0.15) is 38.3 Å². The molecule has 1 N–H and O–H groups in total. The highest BCUT2D eigenvalue weighted by atomic mass is 35.5. The van der Waals surface area contributed by atoms with Gasteiger partial charge in [-0.1, -0.05) is 13.8 Å². The van der Waals surface area contributed by atoms with Gasteiger partial charge in [0.1, 0.15) is 11.6 Å². The molecule has 134 valence electrons. The zero-order valence-corrected chi connectivity index (χ0v) is 15.8. The van der Waals surface area contributed by atoms with Crippen LogP contribution in [-0.4, -0.2) is 38.2 Å². The Morgan fingerprint density at radius 2 is 1.83 bits per heavy atom. The number of hydrogen-bond donors (Lipinski definition) is 1. The molecule has 1 aromatic rings. The lowest BCUT2D eigenvalue weighted by Crippen LogP contribution is -2.45. The molecule has 0 amide bonds. The number of piperazine rings is 1. The Balaban J connectivity index is 0.00000242. The maximum absolute atomic E-state index is 14.3. The van der Waals surface area contributed by atoms with Crippen LogP contribution in [0.2, 0.25) is 0 Å². The van der Waals surface area contributed by atoms with Crippen molar-refractivity contribution in [2.24, 2.45) is 5.92 Å². The lowest BCUT2D eigenvalue weighted by Gasteiger charge is -2.36. The molecule has 0 aliphatic carbocycles. The standard InChI is InChI=1S/C17H27FN2O.2ClH/c1-13(2)4-7-17(20-10-8-19-9-11-20)15-12-14(21-3)5-6-16(15)18;;/h5-6,12-13,17,19H,4,7-11H2,1-3H3;2*1H/t17-;;/m1../s1. The van der Waals surface area contributed by atoms with Crippen molar-refractivity contribution in [2.75, 3.05) is 33.3 Å². The Morgan fingerprint density at radius 1 is 1.17 bits per heavy atom. The van der Waals surface area contributed by atoms with Crippen LogP contribution in [0.15, 0.2) is 18.2 Å². The number of methoxy groups -OCH3 is 1. The number of ether oxygens (including phenoxy) is 1. The maximum atomic E-state index is 14.3. The van der Waals surface area contributed by atoms with Gasteiger partial charge in [-0.3, -0.25) is 4.90 Å². The monoisotopic (exact) mass is 366 g/mol. The molecule has 1 aliphatic heterocycles. The normalized spacial score (nSPS) is 16.4. The number of rotatable bonds is 6. The van der Waals surface area contributed by atoms with E-state index in [1.807, 2.05) is 6.07 Å². The van der Waals surface area contributed by atoms with E-state index in [9.17, 15) is 4.39 Å². The van der Waals surface area contributed by atoms with Crippen molar-refractivity contribution < 1.29 is 9.13 Å². The molecular weight excluding hydrogens is 338 g/mol. The summed E-state index contributed by atoms with van der Waals surface area (Å²) < 4.78 is 19.6. The summed E-state index contributed by atoms with van der Waals surface area (Å²) in [4.78, 5) is 2.40. The average Bonchev–Trinajstić information content (AvgIpc) is 2.50. The first-order valence-corrected chi connectivity index (χ1v) is 7.90. The van der Waals surface area contributed by atoms with Crippen molar-refractivity contribution in [2.45, 2.75) is 32.7 Å². The van der Waals surface area contributed by atoms with Crippen molar-refractivity contribution in [3.8, 4) is 5.75 Å². The Labute approximate surface area is 151 Å². The summed E-state index contributed by atoms with van der Waals surface area (Å²) in [7, 11) is 1.63. The molecule has 1 atom stereocenters. The van der Waals surface area contributed by atoms with E-state index in [1.54, 1.807) is 13.2 Å². The van der Waals surface area contributed by atoms with E-state index >= 15 is 0 Å². The van der Waals surface area contributed by atoms with Gasteiger partial charge in [0.25, 0.3) is 0 Å².